The fourth-order valence-electron chi connectivity index (χ4n) is 3.32. The summed E-state index contributed by atoms with van der Waals surface area (Å²) < 4.78 is 6.67. The number of nitrogens with zero attached hydrogens (tertiary/aromatic N) is 1. The van der Waals surface area contributed by atoms with Crippen LogP contribution in [0.4, 0.5) is 5.69 Å². The predicted molar refractivity (Wildman–Crippen MR) is 136 cm³/mol. The van der Waals surface area contributed by atoms with E-state index in [-0.39, 0.29) is 11.0 Å². The Balaban J connectivity index is 1.50. The van der Waals surface area contributed by atoms with E-state index in [0.29, 0.717) is 21.8 Å². The summed E-state index contributed by atoms with van der Waals surface area (Å²) in [4.78, 5) is 17.1. The molecule has 0 saturated heterocycles. The van der Waals surface area contributed by atoms with Crippen molar-refractivity contribution in [3.63, 3.8) is 0 Å². The minimum absolute atomic E-state index is 0.207. The van der Waals surface area contributed by atoms with Crippen LogP contribution >= 0.6 is 28.1 Å². The third-order valence-electron chi connectivity index (χ3n) is 5.31. The second-order valence-corrected chi connectivity index (χ2v) is 8.79. The Morgan fingerprint density at radius 3 is 2.72 bits per heavy atom. The number of nitrogens with one attached hydrogen (secondary N) is 2. The monoisotopic (exact) mass is 507 g/mol. The van der Waals surface area contributed by atoms with Crippen LogP contribution in [0.2, 0.25) is 0 Å². The zero-order valence-electron chi connectivity index (χ0n) is 17.7. The Kier molecular flexibility index (Phi) is 6.67. The van der Waals surface area contributed by atoms with Gasteiger partial charge in [-0.1, -0.05) is 38.1 Å². The number of rotatable bonds is 5. The highest BCUT2D eigenvalue weighted by Gasteiger charge is 2.13. The largest absolute Gasteiger partial charge is 0.436 e. The highest BCUT2D eigenvalue weighted by Crippen LogP contribution is 2.29. The number of anilines is 1. The number of oxazole rings is 1. The molecule has 3 aromatic carbocycles. The molecule has 0 aliphatic carbocycles. The molecule has 5 nitrogen and oxygen atoms in total. The summed E-state index contributed by atoms with van der Waals surface area (Å²) in [5, 5.41) is 5.96. The number of carbonyl (C=O) groups is 1. The lowest BCUT2D eigenvalue weighted by Crippen LogP contribution is -2.34. The normalized spacial score (nSPS) is 11.8. The molecule has 162 valence electrons. The van der Waals surface area contributed by atoms with Gasteiger partial charge in [0.1, 0.15) is 5.52 Å². The van der Waals surface area contributed by atoms with Crippen molar-refractivity contribution in [2.24, 2.45) is 0 Å². The third kappa shape index (κ3) is 4.89. The van der Waals surface area contributed by atoms with Crippen LogP contribution in [0.15, 0.2) is 75.6 Å². The number of carbonyl (C=O) groups excluding carboxylic acids is 1. The topological polar surface area (TPSA) is 67.2 Å². The maximum absolute atomic E-state index is 12.5. The Labute approximate surface area is 200 Å². The first-order valence-corrected chi connectivity index (χ1v) is 11.5. The van der Waals surface area contributed by atoms with Gasteiger partial charge in [0.25, 0.3) is 5.91 Å². The molecule has 0 aliphatic rings. The van der Waals surface area contributed by atoms with Gasteiger partial charge in [-0.25, -0.2) is 4.98 Å². The van der Waals surface area contributed by atoms with Crippen LogP contribution in [0, 0.1) is 0 Å². The molecule has 1 unspecified atom stereocenters. The molecule has 32 heavy (non-hydrogen) atoms. The first-order chi connectivity index (χ1) is 15.4. The Morgan fingerprint density at radius 2 is 1.94 bits per heavy atom. The Bertz CT molecular complexity index is 1300. The summed E-state index contributed by atoms with van der Waals surface area (Å²) >= 11 is 8.70. The minimum Gasteiger partial charge on any atom is -0.436 e. The van der Waals surface area contributed by atoms with Crippen LogP contribution in [0.3, 0.4) is 0 Å². The van der Waals surface area contributed by atoms with Crippen molar-refractivity contribution in [1.29, 1.82) is 0 Å². The molecule has 0 radical (unpaired) electrons. The van der Waals surface area contributed by atoms with E-state index < -0.39 is 0 Å². The van der Waals surface area contributed by atoms with E-state index in [1.54, 1.807) is 18.2 Å². The Hall–Kier alpha value is -3.03. The van der Waals surface area contributed by atoms with Gasteiger partial charge < -0.3 is 9.73 Å². The molecule has 1 heterocycles. The molecule has 0 fully saturated rings. The van der Waals surface area contributed by atoms with E-state index in [2.05, 4.69) is 57.5 Å². The number of amides is 1. The number of fused-ring (bicyclic) bond motifs is 1. The third-order valence-corrected chi connectivity index (χ3v) is 6.20. The van der Waals surface area contributed by atoms with Crippen LogP contribution in [-0.2, 0) is 0 Å². The summed E-state index contributed by atoms with van der Waals surface area (Å²) in [5.74, 6) is 0.718. The standard InChI is InChI=1S/C25H22BrN3O2S/c1-3-15(2)16-11-12-22-21(14-16)28-24(31-22)17-7-6-8-18(13-17)27-25(32)29-23(30)19-9-4-5-10-20(19)26/h4-15H,3H2,1-2H3,(H2,27,29,30,32). The van der Waals surface area contributed by atoms with Gasteiger partial charge in [-0.3, -0.25) is 10.1 Å². The second-order valence-electron chi connectivity index (χ2n) is 7.52. The van der Waals surface area contributed by atoms with Crippen LogP contribution in [0.5, 0.6) is 0 Å². The molecular weight excluding hydrogens is 486 g/mol. The zero-order valence-corrected chi connectivity index (χ0v) is 20.1. The summed E-state index contributed by atoms with van der Waals surface area (Å²) in [6.45, 7) is 4.38. The number of halogens is 1. The van der Waals surface area contributed by atoms with Gasteiger partial charge >= 0.3 is 0 Å². The number of hydrogen-bond acceptors (Lipinski definition) is 4. The van der Waals surface area contributed by atoms with Crippen LogP contribution in [0.1, 0.15) is 42.1 Å². The van der Waals surface area contributed by atoms with Gasteiger partial charge in [-0.15, -0.1) is 0 Å². The maximum Gasteiger partial charge on any atom is 0.258 e. The maximum atomic E-state index is 12.5. The van der Waals surface area contributed by atoms with Crippen molar-refractivity contribution in [1.82, 2.24) is 10.3 Å². The summed E-state index contributed by atoms with van der Waals surface area (Å²) in [5.41, 5.74) is 4.89. The van der Waals surface area contributed by atoms with E-state index in [4.69, 9.17) is 16.6 Å². The van der Waals surface area contributed by atoms with Crippen LogP contribution in [-0.4, -0.2) is 16.0 Å². The van der Waals surface area contributed by atoms with Crippen molar-refractivity contribution < 1.29 is 9.21 Å². The molecule has 4 aromatic rings. The zero-order chi connectivity index (χ0) is 22.7. The van der Waals surface area contributed by atoms with Gasteiger partial charge in [0.05, 0.1) is 5.56 Å². The second kappa shape index (κ2) is 9.63. The summed E-state index contributed by atoms with van der Waals surface area (Å²) in [6, 6.07) is 20.9. The van der Waals surface area contributed by atoms with Gasteiger partial charge in [-0.05, 0) is 88.5 Å². The van der Waals surface area contributed by atoms with Gasteiger partial charge in [-0.2, -0.15) is 0 Å². The lowest BCUT2D eigenvalue weighted by molar-refractivity contribution is 0.0977. The highest BCUT2D eigenvalue weighted by molar-refractivity contribution is 9.10. The lowest BCUT2D eigenvalue weighted by Gasteiger charge is -2.11. The van der Waals surface area contributed by atoms with E-state index in [1.165, 1.54) is 5.56 Å². The quantitative estimate of drug-likeness (QED) is 0.287. The summed E-state index contributed by atoms with van der Waals surface area (Å²) in [7, 11) is 0. The molecule has 0 aliphatic heterocycles. The summed E-state index contributed by atoms with van der Waals surface area (Å²) in [6.07, 6.45) is 1.07. The van der Waals surface area contributed by atoms with Gasteiger partial charge in [0.15, 0.2) is 10.7 Å². The van der Waals surface area contributed by atoms with Crippen LogP contribution in [0.25, 0.3) is 22.6 Å². The number of aromatic nitrogens is 1. The van der Waals surface area contributed by atoms with Gasteiger partial charge in [0, 0.05) is 15.7 Å². The first-order valence-electron chi connectivity index (χ1n) is 10.3. The van der Waals surface area contributed by atoms with Crippen molar-refractivity contribution in [3.8, 4) is 11.5 Å². The SMILES string of the molecule is CCC(C)c1ccc2oc(-c3cccc(NC(=S)NC(=O)c4ccccc4Br)c3)nc2c1. The fourth-order valence-corrected chi connectivity index (χ4v) is 3.99. The smallest absolute Gasteiger partial charge is 0.258 e. The van der Waals surface area contributed by atoms with Crippen molar-refractivity contribution >= 4 is 56.0 Å². The van der Waals surface area contributed by atoms with Crippen molar-refractivity contribution in [2.45, 2.75) is 26.2 Å². The molecule has 4 rings (SSSR count). The molecule has 0 bridgehead atoms. The highest BCUT2D eigenvalue weighted by atomic mass is 79.9. The average molecular weight is 508 g/mol. The Morgan fingerprint density at radius 1 is 1.12 bits per heavy atom. The number of benzene rings is 3. The van der Waals surface area contributed by atoms with Crippen molar-refractivity contribution in [2.75, 3.05) is 5.32 Å². The van der Waals surface area contributed by atoms with E-state index >= 15 is 0 Å². The molecule has 0 spiro atoms. The van der Waals surface area contributed by atoms with E-state index in [1.807, 2.05) is 36.4 Å². The average Bonchev–Trinajstić information content (AvgIpc) is 3.22. The number of thiocarbonyl (C=S) groups is 1. The number of hydrogen-bond donors (Lipinski definition) is 2. The first kappa shape index (κ1) is 22.2. The molecule has 1 aromatic heterocycles. The van der Waals surface area contributed by atoms with Crippen molar-refractivity contribution in [3.05, 3.63) is 82.3 Å². The molecule has 7 heteroatoms. The van der Waals surface area contributed by atoms with E-state index in [9.17, 15) is 4.79 Å². The van der Waals surface area contributed by atoms with Crippen LogP contribution < -0.4 is 10.6 Å². The fraction of sp³-hybridized carbons (Fsp3) is 0.160. The lowest BCUT2D eigenvalue weighted by atomic mass is 9.98. The molecule has 1 amide bonds. The van der Waals surface area contributed by atoms with Gasteiger partial charge in [0.2, 0.25) is 5.89 Å². The predicted octanol–water partition coefficient (Wildman–Crippen LogP) is 6.90. The molecule has 0 saturated carbocycles. The minimum atomic E-state index is -0.290. The molecular formula is C25H22BrN3O2S. The molecule has 1 atom stereocenters. The molecule has 2 N–H and O–H groups in total. The van der Waals surface area contributed by atoms with E-state index in [0.717, 1.165) is 28.8 Å².